The molecule has 0 atom stereocenters. The molecule has 24 heavy (non-hydrogen) atoms. The van der Waals surface area contributed by atoms with E-state index in [-0.39, 0.29) is 39.3 Å². The highest BCUT2D eigenvalue weighted by Gasteiger charge is 2.56. The van der Waals surface area contributed by atoms with Gasteiger partial charge in [0.05, 0.1) is 26.4 Å². The molecule has 0 saturated heterocycles. The predicted octanol–water partition coefficient (Wildman–Crippen LogP) is 1.40. The van der Waals surface area contributed by atoms with Gasteiger partial charge in [-0.05, 0) is 40.0 Å². The summed E-state index contributed by atoms with van der Waals surface area (Å²) >= 11 is 0. The van der Waals surface area contributed by atoms with Crippen molar-refractivity contribution in [3.05, 3.63) is 0 Å². The topological polar surface area (TPSA) is 105 Å². The Bertz CT molecular complexity index is 398. The van der Waals surface area contributed by atoms with Gasteiger partial charge >= 0.3 is 23.9 Å². The lowest BCUT2D eigenvalue weighted by atomic mass is 9.82. The van der Waals surface area contributed by atoms with E-state index in [2.05, 4.69) is 0 Å². The fraction of sp³-hybridized carbons (Fsp3) is 0.750. The second-order valence-electron chi connectivity index (χ2n) is 4.86. The first-order valence-electron chi connectivity index (χ1n) is 8.01. The zero-order chi connectivity index (χ0) is 18.6. The number of hydrogen-bond acceptors (Lipinski definition) is 8. The highest BCUT2D eigenvalue weighted by atomic mass is 16.6. The number of hydrogen-bond donors (Lipinski definition) is 0. The van der Waals surface area contributed by atoms with E-state index < -0.39 is 29.3 Å². The number of carbonyl (C=O) groups excluding carboxylic acids is 4. The summed E-state index contributed by atoms with van der Waals surface area (Å²) in [6.07, 6.45) is 0.494. The lowest BCUT2D eigenvalue weighted by Crippen LogP contribution is -2.49. The molecule has 0 unspecified atom stereocenters. The Labute approximate surface area is 141 Å². The number of unbranched alkanes of at least 4 members (excludes halogenated alkanes) is 1. The molecule has 0 spiro atoms. The molecule has 0 aromatic carbocycles. The second kappa shape index (κ2) is 11.4. The van der Waals surface area contributed by atoms with Crippen LogP contribution in [-0.4, -0.2) is 50.3 Å². The maximum atomic E-state index is 12.4. The summed E-state index contributed by atoms with van der Waals surface area (Å²) in [5, 5.41) is 0. The van der Waals surface area contributed by atoms with E-state index in [0.29, 0.717) is 6.42 Å². The first-order valence-corrected chi connectivity index (χ1v) is 8.01. The molecule has 0 fully saturated rings. The van der Waals surface area contributed by atoms with Crippen molar-refractivity contribution in [1.29, 1.82) is 0 Å². The van der Waals surface area contributed by atoms with Crippen molar-refractivity contribution in [2.75, 3.05) is 26.4 Å². The Morgan fingerprint density at radius 1 is 0.708 bits per heavy atom. The van der Waals surface area contributed by atoms with Crippen LogP contribution in [0.25, 0.3) is 0 Å². The van der Waals surface area contributed by atoms with Gasteiger partial charge in [-0.1, -0.05) is 0 Å². The quantitative estimate of drug-likeness (QED) is 0.239. The summed E-state index contributed by atoms with van der Waals surface area (Å²) in [7, 11) is 0. The van der Waals surface area contributed by atoms with Gasteiger partial charge in [0.15, 0.2) is 0 Å². The number of ether oxygens (including phenoxy) is 4. The highest BCUT2D eigenvalue weighted by molar-refractivity contribution is 6.17. The van der Waals surface area contributed by atoms with Gasteiger partial charge in [0, 0.05) is 6.92 Å². The van der Waals surface area contributed by atoms with Gasteiger partial charge in [0.25, 0.3) is 5.41 Å². The summed E-state index contributed by atoms with van der Waals surface area (Å²) in [4.78, 5) is 47.8. The summed E-state index contributed by atoms with van der Waals surface area (Å²) < 4.78 is 19.5. The van der Waals surface area contributed by atoms with Gasteiger partial charge in [-0.25, -0.2) is 0 Å². The van der Waals surface area contributed by atoms with E-state index in [9.17, 15) is 19.2 Å². The molecule has 0 radical (unpaired) electrons. The van der Waals surface area contributed by atoms with Gasteiger partial charge < -0.3 is 18.9 Å². The SMILES string of the molecule is CCOC(=O)C(CCCCOC(C)=O)(C(=O)OCC)C(=O)OCC. The van der Waals surface area contributed by atoms with E-state index in [4.69, 9.17) is 18.9 Å². The minimum atomic E-state index is -2.15. The lowest BCUT2D eigenvalue weighted by molar-refractivity contribution is -0.184. The first kappa shape index (κ1) is 21.9. The normalized spacial score (nSPS) is 10.7. The van der Waals surface area contributed by atoms with Crippen molar-refractivity contribution < 1.29 is 38.1 Å². The highest BCUT2D eigenvalue weighted by Crippen LogP contribution is 2.31. The zero-order valence-corrected chi connectivity index (χ0v) is 14.7. The monoisotopic (exact) mass is 346 g/mol. The number of rotatable bonds is 11. The molecule has 0 aliphatic rings. The van der Waals surface area contributed by atoms with Gasteiger partial charge in [-0.2, -0.15) is 0 Å². The standard InChI is InChI=1S/C16H26O8/c1-5-21-13(18)16(14(19)22-6-2,15(20)23-7-3)10-8-9-11-24-12(4)17/h5-11H2,1-4H3. The first-order chi connectivity index (χ1) is 11.4. The minimum Gasteiger partial charge on any atom is -0.466 e. The fourth-order valence-corrected chi connectivity index (χ4v) is 2.03. The van der Waals surface area contributed by atoms with Crippen molar-refractivity contribution >= 4 is 23.9 Å². The van der Waals surface area contributed by atoms with Gasteiger partial charge in [0.2, 0.25) is 0 Å². The molecule has 0 saturated carbocycles. The fourth-order valence-electron chi connectivity index (χ4n) is 2.03. The molecule has 8 nitrogen and oxygen atoms in total. The number of carbonyl (C=O) groups is 4. The number of esters is 4. The third kappa shape index (κ3) is 6.17. The van der Waals surface area contributed by atoms with E-state index in [1.54, 1.807) is 20.8 Å². The van der Waals surface area contributed by atoms with Crippen molar-refractivity contribution in [2.24, 2.45) is 5.41 Å². The molecule has 0 aromatic rings. The second-order valence-corrected chi connectivity index (χ2v) is 4.86. The Morgan fingerprint density at radius 3 is 1.46 bits per heavy atom. The van der Waals surface area contributed by atoms with Crippen molar-refractivity contribution in [1.82, 2.24) is 0 Å². The Balaban J connectivity index is 5.31. The van der Waals surface area contributed by atoms with E-state index >= 15 is 0 Å². The van der Waals surface area contributed by atoms with Gasteiger partial charge in [-0.15, -0.1) is 0 Å². The van der Waals surface area contributed by atoms with E-state index in [1.807, 2.05) is 0 Å². The molecule has 0 aromatic heterocycles. The molecule has 0 heterocycles. The Morgan fingerprint density at radius 2 is 1.12 bits per heavy atom. The van der Waals surface area contributed by atoms with Crippen LogP contribution in [0.15, 0.2) is 0 Å². The van der Waals surface area contributed by atoms with Crippen molar-refractivity contribution in [3.8, 4) is 0 Å². The summed E-state index contributed by atoms with van der Waals surface area (Å²) in [5.41, 5.74) is -2.15. The third-order valence-corrected chi connectivity index (χ3v) is 3.12. The molecular weight excluding hydrogens is 320 g/mol. The largest absolute Gasteiger partial charge is 0.466 e. The molecule has 0 bridgehead atoms. The van der Waals surface area contributed by atoms with Crippen molar-refractivity contribution in [3.63, 3.8) is 0 Å². The van der Waals surface area contributed by atoms with E-state index in [0.717, 1.165) is 0 Å². The molecule has 0 aliphatic carbocycles. The van der Waals surface area contributed by atoms with Crippen LogP contribution in [0.1, 0.15) is 47.0 Å². The summed E-state index contributed by atoms with van der Waals surface area (Å²) in [6.45, 7) is 6.13. The third-order valence-electron chi connectivity index (χ3n) is 3.12. The lowest BCUT2D eigenvalue weighted by Gasteiger charge is -2.26. The van der Waals surface area contributed by atoms with Crippen LogP contribution in [-0.2, 0) is 38.1 Å². The smallest absolute Gasteiger partial charge is 0.335 e. The van der Waals surface area contributed by atoms with Crippen LogP contribution in [0.3, 0.4) is 0 Å². The molecule has 0 rings (SSSR count). The molecule has 0 amide bonds. The van der Waals surface area contributed by atoms with Crippen LogP contribution in [0.5, 0.6) is 0 Å². The average Bonchev–Trinajstić information content (AvgIpc) is 2.51. The van der Waals surface area contributed by atoms with Gasteiger partial charge in [-0.3, -0.25) is 19.2 Å². The zero-order valence-electron chi connectivity index (χ0n) is 14.7. The van der Waals surface area contributed by atoms with Crippen LogP contribution in [0.4, 0.5) is 0 Å². The molecule has 0 aliphatic heterocycles. The Kier molecular flexibility index (Phi) is 10.4. The maximum absolute atomic E-state index is 12.4. The summed E-state index contributed by atoms with van der Waals surface area (Å²) in [6, 6.07) is 0. The van der Waals surface area contributed by atoms with Crippen LogP contribution in [0, 0.1) is 5.41 Å². The Hall–Kier alpha value is -2.12. The summed E-state index contributed by atoms with van der Waals surface area (Å²) in [5.74, 6) is -3.40. The maximum Gasteiger partial charge on any atom is 0.335 e. The molecule has 8 heteroatoms. The average molecular weight is 346 g/mol. The molecule has 138 valence electrons. The molecule has 0 N–H and O–H groups in total. The van der Waals surface area contributed by atoms with Crippen LogP contribution < -0.4 is 0 Å². The minimum absolute atomic E-state index is 0.00679. The predicted molar refractivity (Wildman–Crippen MR) is 82.8 cm³/mol. The van der Waals surface area contributed by atoms with Crippen LogP contribution in [0.2, 0.25) is 0 Å². The molecular formula is C16H26O8. The van der Waals surface area contributed by atoms with Crippen molar-refractivity contribution in [2.45, 2.75) is 47.0 Å². The van der Waals surface area contributed by atoms with Crippen LogP contribution >= 0.6 is 0 Å². The van der Waals surface area contributed by atoms with Gasteiger partial charge in [0.1, 0.15) is 0 Å². The van der Waals surface area contributed by atoms with E-state index in [1.165, 1.54) is 6.92 Å².